The highest BCUT2D eigenvalue weighted by molar-refractivity contribution is 5.14. The largest absolute Gasteiger partial charge is 0.331 e. The molecule has 1 aromatic rings. The van der Waals surface area contributed by atoms with E-state index in [4.69, 9.17) is 11.0 Å². The molecular formula is C6H7FN4. The summed E-state index contributed by atoms with van der Waals surface area (Å²) < 4.78 is 12.6. The number of rotatable bonds is 2. The van der Waals surface area contributed by atoms with Crippen LogP contribution in [0.4, 0.5) is 4.39 Å². The summed E-state index contributed by atoms with van der Waals surface area (Å²) >= 11 is 0. The molecule has 0 saturated carbocycles. The van der Waals surface area contributed by atoms with E-state index in [0.717, 1.165) is 0 Å². The molecule has 1 rings (SSSR count). The highest BCUT2D eigenvalue weighted by atomic mass is 19.1. The van der Waals surface area contributed by atoms with Crippen molar-refractivity contribution in [1.29, 1.82) is 5.26 Å². The van der Waals surface area contributed by atoms with Crippen molar-refractivity contribution in [2.75, 3.05) is 6.54 Å². The van der Waals surface area contributed by atoms with Crippen LogP contribution < -0.4 is 5.73 Å². The van der Waals surface area contributed by atoms with E-state index in [1.54, 1.807) is 6.07 Å². The SMILES string of the molecule is N#Cc1nc(F)c(CCN)[nH]1. The van der Waals surface area contributed by atoms with Crippen LogP contribution in [0.2, 0.25) is 0 Å². The monoisotopic (exact) mass is 154 g/mol. The van der Waals surface area contributed by atoms with Crippen LogP contribution in [0.25, 0.3) is 0 Å². The van der Waals surface area contributed by atoms with Gasteiger partial charge < -0.3 is 10.7 Å². The van der Waals surface area contributed by atoms with Crippen LogP contribution in [-0.4, -0.2) is 16.5 Å². The average molecular weight is 154 g/mol. The van der Waals surface area contributed by atoms with E-state index in [1.165, 1.54) is 0 Å². The van der Waals surface area contributed by atoms with E-state index < -0.39 is 5.95 Å². The zero-order valence-corrected chi connectivity index (χ0v) is 5.76. The Labute approximate surface area is 62.9 Å². The molecule has 1 aromatic heterocycles. The van der Waals surface area contributed by atoms with Gasteiger partial charge in [-0.05, 0) is 6.54 Å². The minimum Gasteiger partial charge on any atom is -0.331 e. The summed E-state index contributed by atoms with van der Waals surface area (Å²) in [5.41, 5.74) is 5.48. The van der Waals surface area contributed by atoms with Crippen molar-refractivity contribution < 1.29 is 4.39 Å². The summed E-state index contributed by atoms with van der Waals surface area (Å²) in [5.74, 6) is -0.641. The summed E-state index contributed by atoms with van der Waals surface area (Å²) in [5, 5.41) is 8.30. The Bertz CT molecular complexity index is 285. The van der Waals surface area contributed by atoms with Gasteiger partial charge in [0.2, 0.25) is 11.8 Å². The number of hydrogen-bond donors (Lipinski definition) is 2. The minimum absolute atomic E-state index is 0.00838. The van der Waals surface area contributed by atoms with E-state index in [2.05, 4.69) is 9.97 Å². The fraction of sp³-hybridized carbons (Fsp3) is 0.333. The maximum Gasteiger partial charge on any atom is 0.234 e. The van der Waals surface area contributed by atoms with Crippen molar-refractivity contribution in [2.45, 2.75) is 6.42 Å². The number of aromatic amines is 1. The van der Waals surface area contributed by atoms with Crippen LogP contribution in [0.1, 0.15) is 11.5 Å². The van der Waals surface area contributed by atoms with Gasteiger partial charge in [-0.3, -0.25) is 0 Å². The van der Waals surface area contributed by atoms with Gasteiger partial charge in [0.1, 0.15) is 6.07 Å². The van der Waals surface area contributed by atoms with Crippen LogP contribution in [0.3, 0.4) is 0 Å². The molecule has 58 valence electrons. The van der Waals surface area contributed by atoms with E-state index >= 15 is 0 Å². The molecule has 0 atom stereocenters. The van der Waals surface area contributed by atoms with Gasteiger partial charge in [0.05, 0.1) is 5.69 Å². The van der Waals surface area contributed by atoms with Gasteiger partial charge in [0.25, 0.3) is 0 Å². The molecule has 4 nitrogen and oxygen atoms in total. The fourth-order valence-corrected chi connectivity index (χ4v) is 0.751. The number of aromatic nitrogens is 2. The number of imidazole rings is 1. The molecule has 0 bridgehead atoms. The molecule has 5 heteroatoms. The Morgan fingerprint density at radius 1 is 1.73 bits per heavy atom. The second kappa shape index (κ2) is 3.12. The number of H-pyrrole nitrogens is 1. The topological polar surface area (TPSA) is 78.5 Å². The second-order valence-electron chi connectivity index (χ2n) is 2.01. The number of nitrogens with zero attached hydrogens (tertiary/aromatic N) is 2. The van der Waals surface area contributed by atoms with Gasteiger partial charge >= 0.3 is 0 Å². The Hall–Kier alpha value is -1.41. The number of nitriles is 1. The molecule has 1 heterocycles. The van der Waals surface area contributed by atoms with Gasteiger partial charge in [-0.2, -0.15) is 14.6 Å². The Balaban J connectivity index is 2.90. The molecule has 0 aliphatic rings. The quantitative estimate of drug-likeness (QED) is 0.625. The first kappa shape index (κ1) is 7.69. The summed E-state index contributed by atoms with van der Waals surface area (Å²) in [4.78, 5) is 5.81. The molecule has 0 radical (unpaired) electrons. The minimum atomic E-state index is -0.632. The normalized spacial score (nSPS) is 9.55. The van der Waals surface area contributed by atoms with Crippen molar-refractivity contribution in [3.8, 4) is 6.07 Å². The molecule has 11 heavy (non-hydrogen) atoms. The third-order valence-corrected chi connectivity index (χ3v) is 1.23. The summed E-state index contributed by atoms with van der Waals surface area (Å²) in [6, 6.07) is 1.70. The smallest absolute Gasteiger partial charge is 0.234 e. The predicted octanol–water partition coefficient (Wildman–Crippen LogP) is -0.0783. The summed E-state index contributed by atoms with van der Waals surface area (Å²) in [7, 11) is 0. The van der Waals surface area contributed by atoms with Crippen LogP contribution >= 0.6 is 0 Å². The lowest BCUT2D eigenvalue weighted by molar-refractivity contribution is 0.573. The molecular weight excluding hydrogens is 147 g/mol. The molecule has 3 N–H and O–H groups in total. The zero-order valence-electron chi connectivity index (χ0n) is 5.76. The van der Waals surface area contributed by atoms with Crippen molar-refractivity contribution in [1.82, 2.24) is 9.97 Å². The van der Waals surface area contributed by atoms with Crippen LogP contribution in [0, 0.1) is 17.3 Å². The highest BCUT2D eigenvalue weighted by Gasteiger charge is 2.07. The van der Waals surface area contributed by atoms with E-state index in [9.17, 15) is 4.39 Å². The van der Waals surface area contributed by atoms with Crippen molar-refractivity contribution in [3.63, 3.8) is 0 Å². The maximum absolute atomic E-state index is 12.6. The number of hydrogen-bond acceptors (Lipinski definition) is 3. The molecule has 0 aliphatic carbocycles. The lowest BCUT2D eigenvalue weighted by atomic mass is 10.3. The lowest BCUT2D eigenvalue weighted by Crippen LogP contribution is -2.04. The maximum atomic E-state index is 12.6. The number of nitrogens with one attached hydrogen (secondary N) is 1. The third kappa shape index (κ3) is 1.53. The van der Waals surface area contributed by atoms with Crippen LogP contribution in [0.5, 0.6) is 0 Å². The van der Waals surface area contributed by atoms with Crippen molar-refractivity contribution in [3.05, 3.63) is 17.5 Å². The molecule has 0 saturated heterocycles. The van der Waals surface area contributed by atoms with Gasteiger partial charge in [-0.25, -0.2) is 0 Å². The second-order valence-corrected chi connectivity index (χ2v) is 2.01. The summed E-state index contributed by atoms with van der Waals surface area (Å²) in [6.07, 6.45) is 0.376. The molecule has 0 unspecified atom stereocenters. The van der Waals surface area contributed by atoms with Crippen LogP contribution in [0.15, 0.2) is 0 Å². The first-order chi connectivity index (χ1) is 5.27. The van der Waals surface area contributed by atoms with E-state index in [0.29, 0.717) is 18.7 Å². The zero-order chi connectivity index (χ0) is 8.27. The number of halogens is 1. The summed E-state index contributed by atoms with van der Waals surface area (Å²) in [6.45, 7) is 0.337. The van der Waals surface area contributed by atoms with Gasteiger partial charge in [-0.15, -0.1) is 0 Å². The lowest BCUT2D eigenvalue weighted by Gasteiger charge is -1.89. The third-order valence-electron chi connectivity index (χ3n) is 1.23. The van der Waals surface area contributed by atoms with Gasteiger partial charge in [0.15, 0.2) is 0 Å². The molecule has 0 aliphatic heterocycles. The first-order valence-corrected chi connectivity index (χ1v) is 3.12. The van der Waals surface area contributed by atoms with Crippen molar-refractivity contribution >= 4 is 0 Å². The van der Waals surface area contributed by atoms with Crippen LogP contribution in [-0.2, 0) is 6.42 Å². The Morgan fingerprint density at radius 3 is 2.91 bits per heavy atom. The fourth-order valence-electron chi connectivity index (χ4n) is 0.751. The molecule has 0 spiro atoms. The molecule has 0 amide bonds. The average Bonchev–Trinajstić information content (AvgIpc) is 2.33. The Kier molecular flexibility index (Phi) is 2.18. The molecule has 0 aromatic carbocycles. The van der Waals surface area contributed by atoms with E-state index in [-0.39, 0.29) is 5.82 Å². The predicted molar refractivity (Wildman–Crippen MR) is 36.0 cm³/mol. The van der Waals surface area contributed by atoms with Crippen molar-refractivity contribution in [2.24, 2.45) is 5.73 Å². The van der Waals surface area contributed by atoms with E-state index in [1.807, 2.05) is 0 Å². The molecule has 0 fully saturated rings. The van der Waals surface area contributed by atoms with Gasteiger partial charge in [0, 0.05) is 6.42 Å². The van der Waals surface area contributed by atoms with Gasteiger partial charge in [-0.1, -0.05) is 0 Å². The Morgan fingerprint density at radius 2 is 2.45 bits per heavy atom. The standard InChI is InChI=1S/C6H7FN4/c7-6-4(1-2-8)10-5(3-9)11-6/h1-2,8H2,(H,10,11). The number of nitrogens with two attached hydrogens (primary N) is 1. The first-order valence-electron chi connectivity index (χ1n) is 3.12. The highest BCUT2D eigenvalue weighted by Crippen LogP contribution is 2.02.